The molecule has 4 N–H and O–H groups in total. The van der Waals surface area contributed by atoms with Crippen molar-refractivity contribution in [2.45, 2.75) is 6.92 Å². The van der Waals surface area contributed by atoms with Crippen LogP contribution in [0.3, 0.4) is 0 Å². The molecule has 0 saturated carbocycles. The summed E-state index contributed by atoms with van der Waals surface area (Å²) in [4.78, 5) is 6.53. The smallest absolute Gasteiger partial charge is 0.377 e. The Morgan fingerprint density at radius 1 is 1.06 bits per heavy atom. The lowest BCUT2D eigenvalue weighted by molar-refractivity contribution is -0.326. The Hall–Kier alpha value is -4.26. The van der Waals surface area contributed by atoms with E-state index in [1.165, 1.54) is 7.11 Å². The maximum atomic E-state index is 9.92. The van der Waals surface area contributed by atoms with E-state index in [4.69, 9.17) is 9.15 Å². The third-order valence-electron chi connectivity index (χ3n) is 5.10. The number of nitrogens with zero attached hydrogens (tertiary/aromatic N) is 1. The van der Waals surface area contributed by atoms with E-state index in [1.807, 2.05) is 55.5 Å². The second-order valence-electron chi connectivity index (χ2n) is 7.28. The monoisotopic (exact) mass is 413 g/mol. The number of aromatic nitrogens is 2. The predicted molar refractivity (Wildman–Crippen MR) is 119 cm³/mol. The molecule has 5 rings (SSSR count). The van der Waals surface area contributed by atoms with Crippen LogP contribution in [0, 0.1) is 6.92 Å². The number of methoxy groups -OCH3 is 1. The molecular formula is C24H21N4O3+. The SMILES string of the molecule is COc1cc(-c2c/c(=N\Nc3[nH]c4ccccc4[nH+]3)c3cc(C)ccc3o2)ccc1O. The van der Waals surface area contributed by atoms with Gasteiger partial charge in [0.25, 0.3) is 0 Å². The lowest BCUT2D eigenvalue weighted by Crippen LogP contribution is -2.12. The second kappa shape index (κ2) is 7.53. The fourth-order valence-electron chi connectivity index (χ4n) is 3.52. The molecule has 0 atom stereocenters. The lowest BCUT2D eigenvalue weighted by Gasteiger charge is -2.08. The molecule has 0 aliphatic rings. The van der Waals surface area contributed by atoms with Crippen molar-refractivity contribution in [1.29, 1.82) is 0 Å². The summed E-state index contributed by atoms with van der Waals surface area (Å²) in [5.74, 6) is 1.73. The summed E-state index contributed by atoms with van der Waals surface area (Å²) in [7, 11) is 1.51. The number of para-hydroxylation sites is 2. The number of hydrogen-bond acceptors (Lipinski definition) is 5. The van der Waals surface area contributed by atoms with Gasteiger partial charge in [0.15, 0.2) is 11.5 Å². The first-order valence-corrected chi connectivity index (χ1v) is 9.82. The molecule has 5 aromatic rings. The fraction of sp³-hybridized carbons (Fsp3) is 0.0833. The number of aromatic hydroxyl groups is 1. The zero-order valence-electron chi connectivity index (χ0n) is 17.1. The second-order valence-corrected chi connectivity index (χ2v) is 7.28. The highest BCUT2D eigenvalue weighted by Crippen LogP contribution is 2.32. The van der Waals surface area contributed by atoms with Gasteiger partial charge in [0.1, 0.15) is 27.7 Å². The van der Waals surface area contributed by atoms with Crippen LogP contribution in [0.2, 0.25) is 0 Å². The first-order valence-electron chi connectivity index (χ1n) is 9.82. The molecule has 0 radical (unpaired) electrons. The zero-order chi connectivity index (χ0) is 21.4. The normalized spacial score (nSPS) is 11.9. The molecule has 0 aliphatic heterocycles. The van der Waals surface area contributed by atoms with Crippen LogP contribution < -0.4 is 20.5 Å². The van der Waals surface area contributed by atoms with E-state index >= 15 is 0 Å². The van der Waals surface area contributed by atoms with Crippen LogP contribution in [0.4, 0.5) is 5.95 Å². The van der Waals surface area contributed by atoms with Gasteiger partial charge in [0.2, 0.25) is 0 Å². The van der Waals surface area contributed by atoms with Gasteiger partial charge in [0.05, 0.1) is 7.11 Å². The minimum atomic E-state index is 0.0728. The molecule has 0 saturated heterocycles. The summed E-state index contributed by atoms with van der Waals surface area (Å²) in [5.41, 5.74) is 7.63. The minimum Gasteiger partial charge on any atom is -0.504 e. The lowest BCUT2D eigenvalue weighted by atomic mass is 10.1. The molecule has 7 heteroatoms. The van der Waals surface area contributed by atoms with Crippen LogP contribution >= 0.6 is 0 Å². The van der Waals surface area contributed by atoms with E-state index in [9.17, 15) is 5.11 Å². The molecular weight excluding hydrogens is 392 g/mol. The highest BCUT2D eigenvalue weighted by atomic mass is 16.5. The fourth-order valence-corrected chi connectivity index (χ4v) is 3.52. The number of ether oxygens (including phenoxy) is 1. The molecule has 0 aliphatic carbocycles. The first-order chi connectivity index (χ1) is 15.1. The Kier molecular flexibility index (Phi) is 4.55. The topological polar surface area (TPSA) is 96.9 Å². The van der Waals surface area contributed by atoms with Gasteiger partial charge in [-0.1, -0.05) is 23.8 Å². The maximum Gasteiger partial charge on any atom is 0.377 e. The van der Waals surface area contributed by atoms with Crippen LogP contribution in [0.5, 0.6) is 11.5 Å². The van der Waals surface area contributed by atoms with Crippen LogP contribution in [0.1, 0.15) is 5.56 Å². The summed E-state index contributed by atoms with van der Waals surface area (Å²) >= 11 is 0. The largest absolute Gasteiger partial charge is 0.504 e. The van der Waals surface area contributed by atoms with Crippen LogP contribution in [-0.2, 0) is 0 Å². The van der Waals surface area contributed by atoms with Gasteiger partial charge >= 0.3 is 5.95 Å². The molecule has 0 amide bonds. The average molecular weight is 413 g/mol. The van der Waals surface area contributed by atoms with Crippen molar-refractivity contribution < 1.29 is 19.2 Å². The number of rotatable bonds is 4. The van der Waals surface area contributed by atoms with Crippen molar-refractivity contribution in [2.75, 3.05) is 12.5 Å². The molecule has 0 unspecified atom stereocenters. The Labute approximate surface area is 177 Å². The number of phenolic OH excluding ortho intramolecular Hbond substituents is 1. The first kappa shape index (κ1) is 18.7. The summed E-state index contributed by atoms with van der Waals surface area (Å²) in [6, 6.07) is 20.9. The van der Waals surface area contributed by atoms with Gasteiger partial charge in [-0.05, 0) is 49.4 Å². The summed E-state index contributed by atoms with van der Waals surface area (Å²) < 4.78 is 11.4. The Morgan fingerprint density at radius 2 is 1.94 bits per heavy atom. The Morgan fingerprint density at radius 3 is 2.77 bits per heavy atom. The minimum absolute atomic E-state index is 0.0728. The summed E-state index contributed by atoms with van der Waals surface area (Å²) in [5, 5.41) is 16.2. The number of nitrogens with one attached hydrogen (secondary N) is 3. The number of aromatic amines is 2. The zero-order valence-corrected chi connectivity index (χ0v) is 17.1. The van der Waals surface area contributed by atoms with Crippen LogP contribution in [-0.4, -0.2) is 17.2 Å². The van der Waals surface area contributed by atoms with Crippen molar-refractivity contribution in [2.24, 2.45) is 5.10 Å². The highest BCUT2D eigenvalue weighted by molar-refractivity contribution is 5.79. The number of H-pyrrole nitrogens is 2. The number of anilines is 1. The standard InChI is InChI=1S/C24H20N4O3/c1-14-7-10-21-16(11-14)19(27-28-24-25-17-5-3-4-6-18(17)26-24)13-22(31-21)15-8-9-20(29)23(12-15)30-2/h3-13,29H,1-2H3,(H2,25,26,28)/p+1/b27-19+. The molecule has 3 aromatic carbocycles. The van der Waals surface area contributed by atoms with Gasteiger partial charge in [-0.15, -0.1) is 5.10 Å². The molecule has 2 heterocycles. The van der Waals surface area contributed by atoms with Crippen LogP contribution in [0.15, 0.2) is 76.2 Å². The predicted octanol–water partition coefficient (Wildman–Crippen LogP) is 4.35. The molecule has 154 valence electrons. The quantitative estimate of drug-likeness (QED) is 0.382. The van der Waals surface area contributed by atoms with E-state index in [-0.39, 0.29) is 5.75 Å². The van der Waals surface area contributed by atoms with Gasteiger partial charge in [-0.3, -0.25) is 0 Å². The average Bonchev–Trinajstić information content (AvgIpc) is 3.21. The molecule has 7 nitrogen and oxygen atoms in total. The molecule has 0 bridgehead atoms. The van der Waals surface area contributed by atoms with Gasteiger partial charge in [0, 0.05) is 17.0 Å². The Balaban J connectivity index is 1.64. The van der Waals surface area contributed by atoms with E-state index in [0.717, 1.165) is 32.9 Å². The van der Waals surface area contributed by atoms with Crippen molar-refractivity contribution in [3.05, 3.63) is 77.7 Å². The maximum absolute atomic E-state index is 9.92. The highest BCUT2D eigenvalue weighted by Gasteiger charge is 2.11. The van der Waals surface area contributed by atoms with Gasteiger partial charge in [-0.25, -0.2) is 9.97 Å². The Bertz CT molecular complexity index is 1450. The van der Waals surface area contributed by atoms with Crippen LogP contribution in [0.25, 0.3) is 33.3 Å². The summed E-state index contributed by atoms with van der Waals surface area (Å²) in [6.45, 7) is 2.03. The molecule has 0 fully saturated rings. The molecule has 0 spiro atoms. The number of hydrogen-bond donors (Lipinski definition) is 3. The van der Waals surface area contributed by atoms with E-state index in [0.29, 0.717) is 23.0 Å². The number of imidazole rings is 1. The van der Waals surface area contributed by atoms with Crippen molar-refractivity contribution in [3.63, 3.8) is 0 Å². The van der Waals surface area contributed by atoms with Gasteiger partial charge < -0.3 is 14.3 Å². The number of fused-ring (bicyclic) bond motifs is 2. The van der Waals surface area contributed by atoms with E-state index in [2.05, 4.69) is 20.5 Å². The third kappa shape index (κ3) is 3.57. The van der Waals surface area contributed by atoms with Crippen molar-refractivity contribution >= 4 is 28.0 Å². The number of aryl methyl sites for hydroxylation is 1. The number of benzene rings is 3. The molecule has 2 aromatic heterocycles. The summed E-state index contributed by atoms with van der Waals surface area (Å²) in [6.07, 6.45) is 0. The van der Waals surface area contributed by atoms with Crippen molar-refractivity contribution in [1.82, 2.24) is 4.98 Å². The van der Waals surface area contributed by atoms with E-state index < -0.39 is 0 Å². The number of phenols is 1. The third-order valence-corrected chi connectivity index (χ3v) is 5.10. The molecule has 31 heavy (non-hydrogen) atoms. The van der Waals surface area contributed by atoms with E-state index in [1.54, 1.807) is 18.2 Å². The van der Waals surface area contributed by atoms with Crippen molar-refractivity contribution in [3.8, 4) is 22.8 Å². The van der Waals surface area contributed by atoms with Gasteiger partial charge in [-0.2, -0.15) is 5.43 Å².